The van der Waals surface area contributed by atoms with Gasteiger partial charge in [-0.1, -0.05) is 48.5 Å². The van der Waals surface area contributed by atoms with Crippen LogP contribution < -0.4 is 0 Å². The molecule has 258 valence electrons. The average Bonchev–Trinajstić information content (AvgIpc) is 3.56. The van der Waals surface area contributed by atoms with Gasteiger partial charge in [-0.3, -0.25) is 0 Å². The molecule has 3 nitrogen and oxygen atoms in total. The first-order valence-corrected chi connectivity index (χ1v) is 16.5. The second-order valence-electron chi connectivity index (χ2n) is 13.5. The van der Waals surface area contributed by atoms with Gasteiger partial charge in [0.15, 0.2) is 5.69 Å². The number of aromatic nitrogens is 2. The Bertz CT molecular complexity index is 2710. The van der Waals surface area contributed by atoms with Crippen LogP contribution in [0.25, 0.3) is 71.0 Å². The third-order valence-electron chi connectivity index (χ3n) is 9.74. The zero-order valence-electron chi connectivity index (χ0n) is 28.4. The van der Waals surface area contributed by atoms with Crippen molar-refractivity contribution in [2.45, 2.75) is 40.0 Å². The molecule has 0 atom stereocenters. The molecule has 0 radical (unpaired) electrons. The van der Waals surface area contributed by atoms with E-state index < -0.39 is 34.7 Å². The lowest BCUT2D eigenvalue weighted by Gasteiger charge is -2.23. The van der Waals surface area contributed by atoms with Gasteiger partial charge in [0.1, 0.15) is 0 Å². The van der Waals surface area contributed by atoms with E-state index in [2.05, 4.69) is 4.85 Å². The number of benzene rings is 6. The fourth-order valence-electron chi connectivity index (χ4n) is 7.40. The number of rotatable bonds is 3. The molecular weight excluding hydrogens is 672 g/mol. The highest BCUT2D eigenvalue weighted by Gasteiger charge is 2.37. The van der Waals surface area contributed by atoms with E-state index in [4.69, 9.17) is 6.57 Å². The molecule has 0 aliphatic carbocycles. The van der Waals surface area contributed by atoms with Crippen LogP contribution in [0.2, 0.25) is 0 Å². The maximum absolute atomic E-state index is 15.4. The SMILES string of the molecule is [C-]#[N+]c1cc(-c2cc(-n3c4cc(C)ccc4c4ccc(C)cc43)c(-n3c4cc(C)ccc4c4ccc(C)cc43)cc2C(F)(F)F)cc(C(F)(F)F)c1. The van der Waals surface area contributed by atoms with Gasteiger partial charge in [-0.25, -0.2) is 4.85 Å². The molecule has 8 rings (SSSR count). The quantitative estimate of drug-likeness (QED) is 0.129. The summed E-state index contributed by atoms with van der Waals surface area (Å²) in [5, 5.41) is 3.43. The summed E-state index contributed by atoms with van der Waals surface area (Å²) < 4.78 is 92.4. The van der Waals surface area contributed by atoms with Crippen LogP contribution in [0.5, 0.6) is 0 Å². The van der Waals surface area contributed by atoms with Gasteiger partial charge in [-0.15, -0.1) is 0 Å². The van der Waals surface area contributed by atoms with E-state index in [1.807, 2.05) is 110 Å². The lowest BCUT2D eigenvalue weighted by Crippen LogP contribution is -2.12. The van der Waals surface area contributed by atoms with E-state index in [1.165, 1.54) is 6.07 Å². The van der Waals surface area contributed by atoms with E-state index in [0.29, 0.717) is 28.9 Å². The lowest BCUT2D eigenvalue weighted by molar-refractivity contribution is -0.137. The van der Waals surface area contributed by atoms with Gasteiger partial charge in [-0.05, 0) is 116 Å². The Balaban J connectivity index is 1.63. The average molecular weight is 702 g/mol. The van der Waals surface area contributed by atoms with Crippen molar-refractivity contribution in [1.82, 2.24) is 9.13 Å². The molecule has 0 aliphatic rings. The van der Waals surface area contributed by atoms with Gasteiger partial charge in [0.05, 0.1) is 45.6 Å². The number of aryl methyl sites for hydroxylation is 4. The second kappa shape index (κ2) is 11.5. The first-order valence-electron chi connectivity index (χ1n) is 16.5. The fourth-order valence-corrected chi connectivity index (χ4v) is 7.40. The van der Waals surface area contributed by atoms with Gasteiger partial charge in [0.2, 0.25) is 0 Å². The normalized spacial score (nSPS) is 12.4. The number of hydrogen-bond acceptors (Lipinski definition) is 0. The van der Waals surface area contributed by atoms with Crippen molar-refractivity contribution in [2.24, 2.45) is 0 Å². The predicted octanol–water partition coefficient (Wildman–Crippen LogP) is 13.4. The molecule has 0 fully saturated rings. The Morgan fingerprint density at radius 1 is 0.481 bits per heavy atom. The van der Waals surface area contributed by atoms with Crippen molar-refractivity contribution in [2.75, 3.05) is 0 Å². The highest BCUT2D eigenvalue weighted by Crippen LogP contribution is 2.46. The number of halogens is 6. The van der Waals surface area contributed by atoms with E-state index in [1.54, 1.807) is 0 Å². The van der Waals surface area contributed by atoms with Gasteiger partial charge in [0, 0.05) is 27.1 Å². The van der Waals surface area contributed by atoms with Crippen LogP contribution >= 0.6 is 0 Å². The summed E-state index contributed by atoms with van der Waals surface area (Å²) in [6.45, 7) is 15.2. The number of nitrogens with zero attached hydrogens (tertiary/aromatic N) is 3. The summed E-state index contributed by atoms with van der Waals surface area (Å²) in [5.41, 5.74) is 3.45. The topological polar surface area (TPSA) is 14.2 Å². The van der Waals surface area contributed by atoms with Crippen LogP contribution in [0.1, 0.15) is 33.4 Å². The minimum Gasteiger partial charge on any atom is -0.307 e. The van der Waals surface area contributed by atoms with Crippen molar-refractivity contribution in [3.8, 4) is 22.5 Å². The summed E-state index contributed by atoms with van der Waals surface area (Å²) in [7, 11) is 0. The van der Waals surface area contributed by atoms with Crippen molar-refractivity contribution >= 4 is 49.3 Å². The summed E-state index contributed by atoms with van der Waals surface area (Å²) >= 11 is 0. The standard InChI is InChI=1S/C43H29F6N3/c1-23-6-10-30-31-11-7-24(2)15-37(31)51(36(30)14-23)40-21-34(27-18-28(42(44,45)46)20-29(19-27)50-5)35(43(47,48)49)22-41(40)52-38-16-25(3)8-12-32(38)33-13-9-26(4)17-39(33)52/h6-22H,1-4H3. The molecular formula is C43H29F6N3. The minimum atomic E-state index is -4.98. The molecule has 2 aromatic heterocycles. The van der Waals surface area contributed by atoms with Crippen molar-refractivity contribution in [1.29, 1.82) is 0 Å². The van der Waals surface area contributed by atoms with Crippen molar-refractivity contribution in [3.63, 3.8) is 0 Å². The molecule has 52 heavy (non-hydrogen) atoms. The van der Waals surface area contributed by atoms with Crippen molar-refractivity contribution in [3.05, 3.63) is 148 Å². The summed E-state index contributed by atoms with van der Waals surface area (Å²) in [6.07, 6.45) is -9.87. The number of hydrogen-bond donors (Lipinski definition) is 0. The van der Waals surface area contributed by atoms with E-state index in [0.717, 1.165) is 67.0 Å². The molecule has 0 amide bonds. The number of alkyl halides is 6. The maximum Gasteiger partial charge on any atom is 0.417 e. The zero-order chi connectivity index (χ0) is 36.9. The monoisotopic (exact) mass is 701 g/mol. The Hall–Kier alpha value is -6.01. The summed E-state index contributed by atoms with van der Waals surface area (Å²) in [6, 6.07) is 28.3. The van der Waals surface area contributed by atoms with Crippen LogP contribution in [0.3, 0.4) is 0 Å². The molecule has 2 heterocycles. The van der Waals surface area contributed by atoms with Gasteiger partial charge < -0.3 is 9.13 Å². The largest absolute Gasteiger partial charge is 0.417 e. The van der Waals surface area contributed by atoms with Crippen LogP contribution in [0.4, 0.5) is 32.0 Å². The molecule has 8 aromatic rings. The second-order valence-corrected chi connectivity index (χ2v) is 13.5. The Kier molecular flexibility index (Phi) is 7.33. The fraction of sp³-hybridized carbons (Fsp3) is 0.140. The van der Waals surface area contributed by atoms with Crippen LogP contribution in [-0.2, 0) is 12.4 Å². The highest BCUT2D eigenvalue weighted by atomic mass is 19.4. The zero-order valence-corrected chi connectivity index (χ0v) is 28.4. The van der Waals surface area contributed by atoms with Crippen LogP contribution in [0.15, 0.2) is 103 Å². The summed E-state index contributed by atoms with van der Waals surface area (Å²) in [5.74, 6) is 0. The highest BCUT2D eigenvalue weighted by molar-refractivity contribution is 6.12. The van der Waals surface area contributed by atoms with Crippen molar-refractivity contribution < 1.29 is 26.3 Å². The first-order chi connectivity index (χ1) is 24.6. The third-order valence-corrected chi connectivity index (χ3v) is 9.74. The smallest absolute Gasteiger partial charge is 0.307 e. The molecule has 0 spiro atoms. The van der Waals surface area contributed by atoms with Crippen LogP contribution in [-0.4, -0.2) is 9.13 Å². The van der Waals surface area contributed by atoms with E-state index in [-0.39, 0.29) is 11.3 Å². The molecule has 0 saturated heterocycles. The Morgan fingerprint density at radius 3 is 1.25 bits per heavy atom. The van der Waals surface area contributed by atoms with Gasteiger partial charge >= 0.3 is 12.4 Å². The molecule has 6 aromatic carbocycles. The molecule has 9 heteroatoms. The maximum atomic E-state index is 15.4. The van der Waals surface area contributed by atoms with E-state index in [9.17, 15) is 13.2 Å². The Labute approximate surface area is 294 Å². The summed E-state index contributed by atoms with van der Waals surface area (Å²) in [4.78, 5) is 3.20. The van der Waals surface area contributed by atoms with E-state index >= 15 is 13.2 Å². The minimum absolute atomic E-state index is 0.200. The number of fused-ring (bicyclic) bond motifs is 6. The molecule has 0 saturated carbocycles. The Morgan fingerprint density at radius 2 is 0.885 bits per heavy atom. The molecule has 0 unspecified atom stereocenters. The van der Waals surface area contributed by atoms with Gasteiger partial charge in [-0.2, -0.15) is 26.3 Å². The molecule has 0 aliphatic heterocycles. The molecule has 0 bridgehead atoms. The predicted molar refractivity (Wildman–Crippen MR) is 196 cm³/mol. The van der Waals surface area contributed by atoms with Crippen LogP contribution in [0, 0.1) is 34.3 Å². The first kappa shape index (κ1) is 33.2. The molecule has 0 N–H and O–H groups in total. The third kappa shape index (κ3) is 5.29. The van der Waals surface area contributed by atoms with Gasteiger partial charge in [0.25, 0.3) is 0 Å². The lowest BCUT2D eigenvalue weighted by atomic mass is 9.95.